The lowest BCUT2D eigenvalue weighted by atomic mass is 9.68. The maximum absolute atomic E-state index is 11.5. The molecule has 1 saturated heterocycles. The number of allylic oxidation sites excluding steroid dienone is 2. The summed E-state index contributed by atoms with van der Waals surface area (Å²) in [6.45, 7) is 6.28. The Balaban J connectivity index is 1.40. The molecule has 3 aliphatic carbocycles. The number of aliphatic hydroxyl groups is 1. The molecule has 2 N–H and O–H groups in total. The third kappa shape index (κ3) is 2.89. The number of carbonyl (C=O) groups is 1. The van der Waals surface area contributed by atoms with E-state index in [0.29, 0.717) is 18.4 Å². The molecule has 24 heavy (non-hydrogen) atoms. The Labute approximate surface area is 145 Å². The molecule has 4 aliphatic rings. The molecule has 1 heterocycles. The highest BCUT2D eigenvalue weighted by atomic mass is 16.3. The number of likely N-dealkylation sites (tertiary alicyclic amines) is 1. The Morgan fingerprint density at radius 1 is 1.29 bits per heavy atom. The van der Waals surface area contributed by atoms with E-state index in [1.54, 1.807) is 6.08 Å². The molecule has 4 rings (SSSR count). The zero-order chi connectivity index (χ0) is 16.7. The Morgan fingerprint density at radius 2 is 2.04 bits per heavy atom. The van der Waals surface area contributed by atoms with Crippen molar-refractivity contribution in [3.8, 4) is 0 Å². The van der Waals surface area contributed by atoms with E-state index in [2.05, 4.69) is 17.1 Å². The van der Waals surface area contributed by atoms with Crippen LogP contribution in [0.15, 0.2) is 23.8 Å². The van der Waals surface area contributed by atoms with Crippen LogP contribution in [0.4, 0.5) is 0 Å². The van der Waals surface area contributed by atoms with Crippen LogP contribution in [0, 0.1) is 17.8 Å². The lowest BCUT2D eigenvalue weighted by molar-refractivity contribution is -0.114. The second-order valence-electron chi connectivity index (χ2n) is 8.22. The van der Waals surface area contributed by atoms with E-state index >= 15 is 0 Å². The van der Waals surface area contributed by atoms with Crippen LogP contribution >= 0.6 is 0 Å². The zero-order valence-corrected chi connectivity index (χ0v) is 14.7. The molecule has 1 aliphatic heterocycles. The van der Waals surface area contributed by atoms with Crippen molar-refractivity contribution in [1.82, 2.24) is 10.2 Å². The summed E-state index contributed by atoms with van der Waals surface area (Å²) in [4.78, 5) is 13.9. The van der Waals surface area contributed by atoms with Gasteiger partial charge in [0.25, 0.3) is 0 Å². The Hall–Kier alpha value is -0.970. The monoisotopic (exact) mass is 330 g/mol. The van der Waals surface area contributed by atoms with Gasteiger partial charge in [-0.15, -0.1) is 0 Å². The van der Waals surface area contributed by atoms with Crippen LogP contribution in [-0.2, 0) is 4.79 Å². The van der Waals surface area contributed by atoms with Crippen molar-refractivity contribution in [1.29, 1.82) is 0 Å². The third-order valence-corrected chi connectivity index (χ3v) is 6.62. The summed E-state index contributed by atoms with van der Waals surface area (Å²) in [6, 6.07) is 0.712. The van der Waals surface area contributed by atoms with E-state index in [1.165, 1.54) is 12.8 Å². The van der Waals surface area contributed by atoms with Crippen LogP contribution < -0.4 is 5.32 Å². The molecule has 4 heteroatoms. The van der Waals surface area contributed by atoms with E-state index in [1.807, 2.05) is 12.2 Å². The summed E-state index contributed by atoms with van der Waals surface area (Å²) in [6.07, 6.45) is 10.5. The molecule has 0 spiro atoms. The molecule has 3 unspecified atom stereocenters. The van der Waals surface area contributed by atoms with Crippen LogP contribution in [-0.4, -0.2) is 53.6 Å². The van der Waals surface area contributed by atoms with Gasteiger partial charge in [-0.25, -0.2) is 0 Å². The molecule has 0 bridgehead atoms. The van der Waals surface area contributed by atoms with Gasteiger partial charge in [0, 0.05) is 32.1 Å². The number of carbonyl (C=O) groups excluding carboxylic acids is 1. The first-order valence-electron chi connectivity index (χ1n) is 9.71. The molecule has 0 aromatic carbocycles. The molecular formula is C20H30N2O2. The normalized spacial score (nSPS) is 35.3. The molecule has 132 valence electrons. The van der Waals surface area contributed by atoms with Gasteiger partial charge in [-0.3, -0.25) is 9.69 Å². The standard InChI is InChI=1S/C20H30N2O2/c1-2-10-21-19-17-11-22(12-18(17)19)13-20(24,14-4-3-5-14)15-6-8-16(23)9-7-15/h6-8,14,17-19,21,24H,2-5,9-13H2,1H3. The lowest BCUT2D eigenvalue weighted by Gasteiger charge is -2.45. The van der Waals surface area contributed by atoms with E-state index in [-0.39, 0.29) is 5.78 Å². The maximum Gasteiger partial charge on any atom is 0.159 e. The molecule has 0 radical (unpaired) electrons. The van der Waals surface area contributed by atoms with E-state index < -0.39 is 5.60 Å². The summed E-state index contributed by atoms with van der Waals surface area (Å²) in [5, 5.41) is 15.2. The molecular weight excluding hydrogens is 300 g/mol. The van der Waals surface area contributed by atoms with Crippen molar-refractivity contribution in [3.63, 3.8) is 0 Å². The largest absolute Gasteiger partial charge is 0.384 e. The summed E-state index contributed by atoms with van der Waals surface area (Å²) in [5.74, 6) is 2.05. The topological polar surface area (TPSA) is 52.6 Å². The minimum Gasteiger partial charge on any atom is -0.384 e. The first-order chi connectivity index (χ1) is 11.6. The quantitative estimate of drug-likeness (QED) is 0.749. The minimum atomic E-state index is -0.765. The van der Waals surface area contributed by atoms with Gasteiger partial charge in [-0.1, -0.05) is 25.5 Å². The molecule has 3 atom stereocenters. The van der Waals surface area contributed by atoms with Gasteiger partial charge in [0.1, 0.15) is 5.60 Å². The number of nitrogens with zero attached hydrogens (tertiary/aromatic N) is 1. The van der Waals surface area contributed by atoms with Gasteiger partial charge in [-0.2, -0.15) is 0 Å². The van der Waals surface area contributed by atoms with Crippen molar-refractivity contribution in [3.05, 3.63) is 23.8 Å². The fourth-order valence-electron chi connectivity index (χ4n) is 4.89. The van der Waals surface area contributed by atoms with E-state index in [0.717, 1.165) is 56.4 Å². The van der Waals surface area contributed by atoms with Crippen molar-refractivity contribution in [2.45, 2.75) is 50.7 Å². The fourth-order valence-corrected chi connectivity index (χ4v) is 4.89. The number of piperidine rings is 1. The van der Waals surface area contributed by atoms with Gasteiger partial charge < -0.3 is 10.4 Å². The number of fused-ring (bicyclic) bond motifs is 1. The van der Waals surface area contributed by atoms with Crippen LogP contribution in [0.2, 0.25) is 0 Å². The minimum absolute atomic E-state index is 0.141. The highest BCUT2D eigenvalue weighted by Gasteiger charge is 2.56. The van der Waals surface area contributed by atoms with E-state index in [9.17, 15) is 9.90 Å². The number of rotatable bonds is 7. The van der Waals surface area contributed by atoms with Gasteiger partial charge in [0.05, 0.1) is 0 Å². The summed E-state index contributed by atoms with van der Waals surface area (Å²) in [5.41, 5.74) is 0.214. The second kappa shape index (κ2) is 6.40. The highest BCUT2D eigenvalue weighted by molar-refractivity contribution is 5.92. The predicted octanol–water partition coefficient (Wildman–Crippen LogP) is 1.90. The zero-order valence-electron chi connectivity index (χ0n) is 14.7. The molecule has 2 saturated carbocycles. The number of β-amino-alcohol motifs (C(OH)–C–C–N with tert-alkyl or cyclic N) is 1. The fraction of sp³-hybridized carbons (Fsp3) is 0.750. The average molecular weight is 330 g/mol. The number of hydrogen-bond donors (Lipinski definition) is 2. The molecule has 0 amide bonds. The molecule has 3 fully saturated rings. The molecule has 0 aromatic heterocycles. The van der Waals surface area contributed by atoms with Crippen molar-refractivity contribution < 1.29 is 9.90 Å². The number of nitrogens with one attached hydrogen (secondary N) is 1. The smallest absolute Gasteiger partial charge is 0.159 e. The van der Waals surface area contributed by atoms with Gasteiger partial charge in [-0.05, 0) is 55.2 Å². The maximum atomic E-state index is 11.5. The van der Waals surface area contributed by atoms with Crippen LogP contribution in [0.5, 0.6) is 0 Å². The highest BCUT2D eigenvalue weighted by Crippen LogP contribution is 2.48. The Kier molecular flexibility index (Phi) is 4.40. The first-order valence-corrected chi connectivity index (χ1v) is 9.71. The van der Waals surface area contributed by atoms with Gasteiger partial charge in [0.2, 0.25) is 0 Å². The molecule has 4 nitrogen and oxygen atoms in total. The van der Waals surface area contributed by atoms with Crippen LogP contribution in [0.3, 0.4) is 0 Å². The summed E-state index contributed by atoms with van der Waals surface area (Å²) < 4.78 is 0. The van der Waals surface area contributed by atoms with Crippen molar-refractivity contribution in [2.75, 3.05) is 26.2 Å². The summed E-state index contributed by atoms with van der Waals surface area (Å²) >= 11 is 0. The SMILES string of the molecule is CCCNC1C2CN(CC(O)(C3=CCC(=O)C=C3)C3CCC3)CC21. The van der Waals surface area contributed by atoms with Crippen LogP contribution in [0.1, 0.15) is 39.0 Å². The lowest BCUT2D eigenvalue weighted by Crippen LogP contribution is -2.52. The second-order valence-corrected chi connectivity index (χ2v) is 8.22. The molecule has 0 aromatic rings. The summed E-state index contributed by atoms with van der Waals surface area (Å²) in [7, 11) is 0. The Bertz CT molecular complexity index is 554. The average Bonchev–Trinajstić information content (AvgIpc) is 2.96. The van der Waals surface area contributed by atoms with Crippen molar-refractivity contribution in [2.24, 2.45) is 17.8 Å². The third-order valence-electron chi connectivity index (χ3n) is 6.62. The van der Waals surface area contributed by atoms with Gasteiger partial charge in [0.15, 0.2) is 5.78 Å². The van der Waals surface area contributed by atoms with Crippen LogP contribution in [0.25, 0.3) is 0 Å². The number of ketones is 1. The van der Waals surface area contributed by atoms with E-state index in [4.69, 9.17) is 0 Å². The van der Waals surface area contributed by atoms with Crippen molar-refractivity contribution >= 4 is 5.78 Å². The van der Waals surface area contributed by atoms with Gasteiger partial charge >= 0.3 is 0 Å². The predicted molar refractivity (Wildman–Crippen MR) is 94.6 cm³/mol. The number of hydrogen-bond acceptors (Lipinski definition) is 4. The first kappa shape index (κ1) is 16.5. The Morgan fingerprint density at radius 3 is 2.58 bits per heavy atom.